The van der Waals surface area contributed by atoms with E-state index in [0.29, 0.717) is 5.56 Å². The van der Waals surface area contributed by atoms with Crippen LogP contribution < -0.4 is 0 Å². The molecular weight excluding hydrogens is 426 g/mol. The fourth-order valence-electron chi connectivity index (χ4n) is 4.13. The molecular formula is C31H36F2O. The zero-order valence-electron chi connectivity index (χ0n) is 20.5. The lowest BCUT2D eigenvalue weighted by Crippen LogP contribution is -2.08. The van der Waals surface area contributed by atoms with Crippen molar-refractivity contribution >= 4 is 16.8 Å². The Morgan fingerprint density at radius 3 is 2.53 bits per heavy atom. The molecule has 0 fully saturated rings. The summed E-state index contributed by atoms with van der Waals surface area (Å²) < 4.78 is 35.5. The van der Waals surface area contributed by atoms with Crippen molar-refractivity contribution in [1.29, 1.82) is 0 Å². The second-order valence-corrected chi connectivity index (χ2v) is 8.94. The van der Waals surface area contributed by atoms with Gasteiger partial charge >= 0.3 is 0 Å². The highest BCUT2D eigenvalue weighted by Crippen LogP contribution is 2.30. The van der Waals surface area contributed by atoms with Gasteiger partial charge in [-0.15, -0.1) is 6.58 Å². The maximum atomic E-state index is 14.9. The number of rotatable bonds is 13. The van der Waals surface area contributed by atoms with E-state index in [9.17, 15) is 8.78 Å². The van der Waals surface area contributed by atoms with Gasteiger partial charge in [0.05, 0.1) is 6.10 Å². The van der Waals surface area contributed by atoms with E-state index in [1.54, 1.807) is 18.2 Å². The van der Waals surface area contributed by atoms with Gasteiger partial charge in [-0.2, -0.15) is 0 Å². The van der Waals surface area contributed by atoms with Gasteiger partial charge in [-0.1, -0.05) is 80.5 Å². The predicted octanol–water partition coefficient (Wildman–Crippen LogP) is 9.29. The molecule has 180 valence electrons. The number of ether oxygens (including phenoxy) is 1. The summed E-state index contributed by atoms with van der Waals surface area (Å²) in [5.41, 5.74) is 2.40. The molecule has 3 rings (SSSR count). The molecule has 0 aliphatic carbocycles. The zero-order chi connectivity index (χ0) is 24.3. The number of halogens is 2. The maximum Gasteiger partial charge on any atom is 0.167 e. The van der Waals surface area contributed by atoms with Crippen LogP contribution >= 0.6 is 0 Å². The summed E-state index contributed by atoms with van der Waals surface area (Å²) in [4.78, 5) is 0. The Hall–Kier alpha value is -2.78. The molecule has 0 radical (unpaired) electrons. The smallest absolute Gasteiger partial charge is 0.167 e. The normalized spacial score (nSPS) is 12.5. The summed E-state index contributed by atoms with van der Waals surface area (Å²) in [5.74, 6) is -1.61. The monoisotopic (exact) mass is 462 g/mol. The first kappa shape index (κ1) is 25.8. The van der Waals surface area contributed by atoms with Crippen molar-refractivity contribution in [3.63, 3.8) is 0 Å². The van der Waals surface area contributed by atoms with E-state index < -0.39 is 11.6 Å². The van der Waals surface area contributed by atoms with Gasteiger partial charge in [-0.3, -0.25) is 0 Å². The van der Waals surface area contributed by atoms with Crippen molar-refractivity contribution in [1.82, 2.24) is 0 Å². The average molecular weight is 463 g/mol. The minimum atomic E-state index is -0.807. The molecule has 3 aromatic rings. The molecule has 1 unspecified atom stereocenters. The van der Waals surface area contributed by atoms with E-state index in [1.165, 1.54) is 18.4 Å². The Morgan fingerprint density at radius 1 is 0.941 bits per heavy atom. The standard InChI is InChI=1S/C31H36F2O/c1-4-6-10-20-34-23(3)12-8-7-9-13-25-18-19-29(31(33)30(25)32)28-17-16-26-21-24(11-5-2)14-15-27(26)22-28/h5,9,13-19,21-23H,2,4,6-8,10-12,20H2,1,3H3. The van der Waals surface area contributed by atoms with Gasteiger partial charge in [-0.25, -0.2) is 8.78 Å². The molecule has 0 N–H and O–H groups in total. The van der Waals surface area contributed by atoms with Crippen LogP contribution in [0.2, 0.25) is 0 Å². The average Bonchev–Trinajstić information content (AvgIpc) is 2.84. The number of unbranched alkanes of at least 4 members (excludes halogenated alkanes) is 3. The summed E-state index contributed by atoms with van der Waals surface area (Å²) in [6.07, 6.45) is 12.7. The largest absolute Gasteiger partial charge is 0.379 e. The third-order valence-electron chi connectivity index (χ3n) is 6.14. The fraction of sp³-hybridized carbons (Fsp3) is 0.355. The summed E-state index contributed by atoms with van der Waals surface area (Å²) >= 11 is 0. The first-order valence-electron chi connectivity index (χ1n) is 12.4. The van der Waals surface area contributed by atoms with Gasteiger partial charge in [0.1, 0.15) is 0 Å². The van der Waals surface area contributed by atoms with Gasteiger partial charge in [0.25, 0.3) is 0 Å². The van der Waals surface area contributed by atoms with Crippen LogP contribution in [0.15, 0.2) is 67.3 Å². The highest BCUT2D eigenvalue weighted by molar-refractivity contribution is 5.88. The van der Waals surface area contributed by atoms with Crippen LogP contribution in [0.4, 0.5) is 8.78 Å². The third-order valence-corrected chi connectivity index (χ3v) is 6.14. The quantitative estimate of drug-likeness (QED) is 0.182. The Morgan fingerprint density at radius 2 is 1.74 bits per heavy atom. The Balaban J connectivity index is 1.61. The molecule has 0 aliphatic rings. The number of fused-ring (bicyclic) bond motifs is 1. The lowest BCUT2D eigenvalue weighted by molar-refractivity contribution is 0.0566. The molecule has 0 saturated heterocycles. The van der Waals surface area contributed by atoms with E-state index in [1.807, 2.05) is 42.5 Å². The number of hydrogen-bond acceptors (Lipinski definition) is 1. The summed E-state index contributed by atoms with van der Waals surface area (Å²) in [5, 5.41) is 2.07. The van der Waals surface area contributed by atoms with E-state index in [2.05, 4.69) is 26.5 Å². The van der Waals surface area contributed by atoms with Gasteiger partial charge in [-0.05, 0) is 67.0 Å². The van der Waals surface area contributed by atoms with E-state index in [0.717, 1.165) is 49.5 Å². The first-order chi connectivity index (χ1) is 16.5. The van der Waals surface area contributed by atoms with Crippen LogP contribution in [0, 0.1) is 11.6 Å². The van der Waals surface area contributed by atoms with Gasteiger partial charge in [0.15, 0.2) is 11.6 Å². The molecule has 3 aromatic carbocycles. The van der Waals surface area contributed by atoms with Crippen LogP contribution in [0.5, 0.6) is 0 Å². The summed E-state index contributed by atoms with van der Waals surface area (Å²) in [6, 6.07) is 15.2. The highest BCUT2D eigenvalue weighted by Gasteiger charge is 2.14. The van der Waals surface area contributed by atoms with Crippen molar-refractivity contribution in [2.24, 2.45) is 0 Å². The number of hydrogen-bond donors (Lipinski definition) is 0. The van der Waals surface area contributed by atoms with Crippen LogP contribution in [0.3, 0.4) is 0 Å². The van der Waals surface area contributed by atoms with Crippen molar-refractivity contribution in [2.75, 3.05) is 6.61 Å². The highest BCUT2D eigenvalue weighted by atomic mass is 19.2. The fourth-order valence-corrected chi connectivity index (χ4v) is 4.13. The van der Waals surface area contributed by atoms with Crippen LogP contribution in [-0.4, -0.2) is 12.7 Å². The van der Waals surface area contributed by atoms with Gasteiger partial charge in [0, 0.05) is 17.7 Å². The Labute approximate surface area is 203 Å². The second kappa shape index (κ2) is 13.2. The number of allylic oxidation sites excluding steroid dienone is 2. The molecule has 0 saturated carbocycles. The Kier molecular flexibility index (Phi) is 10.0. The minimum Gasteiger partial charge on any atom is -0.379 e. The maximum absolute atomic E-state index is 14.9. The molecule has 34 heavy (non-hydrogen) atoms. The molecule has 1 nitrogen and oxygen atoms in total. The molecule has 0 bridgehead atoms. The third kappa shape index (κ3) is 7.11. The van der Waals surface area contributed by atoms with Crippen LogP contribution in [0.25, 0.3) is 28.0 Å². The molecule has 0 amide bonds. The summed E-state index contributed by atoms with van der Waals surface area (Å²) in [6.45, 7) is 8.87. The molecule has 0 spiro atoms. The Bertz CT molecular complexity index is 1120. The lowest BCUT2D eigenvalue weighted by atomic mass is 9.97. The number of benzene rings is 3. The van der Waals surface area contributed by atoms with Crippen molar-refractivity contribution < 1.29 is 13.5 Å². The SMILES string of the molecule is C=CCc1ccc2cc(-c3ccc(C=CCCCC(C)OCCCCC)c(F)c3F)ccc2c1. The topological polar surface area (TPSA) is 9.23 Å². The van der Waals surface area contributed by atoms with Crippen molar-refractivity contribution in [2.45, 2.75) is 64.9 Å². The predicted molar refractivity (Wildman–Crippen MR) is 141 cm³/mol. The van der Waals surface area contributed by atoms with E-state index in [-0.39, 0.29) is 17.2 Å². The van der Waals surface area contributed by atoms with Crippen LogP contribution in [0.1, 0.15) is 63.5 Å². The van der Waals surface area contributed by atoms with E-state index in [4.69, 9.17) is 4.74 Å². The molecule has 1 atom stereocenters. The molecule has 3 heteroatoms. The summed E-state index contributed by atoms with van der Waals surface area (Å²) in [7, 11) is 0. The molecule has 0 aromatic heterocycles. The van der Waals surface area contributed by atoms with Crippen molar-refractivity contribution in [3.8, 4) is 11.1 Å². The molecule has 0 heterocycles. The van der Waals surface area contributed by atoms with E-state index >= 15 is 0 Å². The second-order valence-electron chi connectivity index (χ2n) is 8.94. The minimum absolute atomic E-state index is 0.231. The van der Waals surface area contributed by atoms with Gasteiger partial charge < -0.3 is 4.74 Å². The molecule has 0 aliphatic heterocycles. The first-order valence-corrected chi connectivity index (χ1v) is 12.4. The van der Waals surface area contributed by atoms with Crippen molar-refractivity contribution in [3.05, 3.63) is 90.0 Å². The van der Waals surface area contributed by atoms with Crippen LogP contribution in [-0.2, 0) is 11.2 Å². The lowest BCUT2D eigenvalue weighted by Gasteiger charge is -2.12. The van der Waals surface area contributed by atoms with Gasteiger partial charge in [0.2, 0.25) is 0 Å². The zero-order valence-corrected chi connectivity index (χ0v) is 20.5.